The Labute approximate surface area is 125 Å². The van der Waals surface area contributed by atoms with E-state index in [1.165, 1.54) is 11.1 Å². The molecule has 2 aliphatic heterocycles. The molecular weight excluding hydrogens is 266 g/mol. The van der Waals surface area contributed by atoms with Gasteiger partial charge in [-0.3, -0.25) is 4.79 Å². The smallest absolute Gasteiger partial charge is 0.219 e. The summed E-state index contributed by atoms with van der Waals surface area (Å²) < 4.78 is 6.30. The van der Waals surface area contributed by atoms with Crippen LogP contribution in [-0.4, -0.2) is 34.6 Å². The van der Waals surface area contributed by atoms with Crippen LogP contribution < -0.4 is 4.74 Å². The van der Waals surface area contributed by atoms with E-state index in [4.69, 9.17) is 4.74 Å². The Morgan fingerprint density at radius 2 is 1.90 bits per heavy atom. The number of rotatable bonds is 0. The lowest BCUT2D eigenvalue weighted by Crippen LogP contribution is -2.51. The Morgan fingerprint density at radius 3 is 2.52 bits per heavy atom. The van der Waals surface area contributed by atoms with E-state index in [0.29, 0.717) is 19.5 Å². The van der Waals surface area contributed by atoms with Crippen molar-refractivity contribution in [1.82, 2.24) is 4.90 Å². The van der Waals surface area contributed by atoms with E-state index in [1.807, 2.05) is 17.0 Å². The Hall–Kier alpha value is -1.55. The monoisotopic (exact) mass is 289 g/mol. The highest BCUT2D eigenvalue weighted by molar-refractivity contribution is 5.73. The molecule has 4 nitrogen and oxygen atoms in total. The van der Waals surface area contributed by atoms with Crippen molar-refractivity contribution in [1.29, 1.82) is 0 Å². The molecule has 1 aromatic carbocycles. The molecule has 1 spiro atoms. The third kappa shape index (κ3) is 2.53. The minimum Gasteiger partial charge on any atom is -0.487 e. The summed E-state index contributed by atoms with van der Waals surface area (Å²) >= 11 is 0. The summed E-state index contributed by atoms with van der Waals surface area (Å²) in [6.45, 7) is 7.14. The maximum atomic E-state index is 11.5. The Balaban J connectivity index is 1.85. The molecule has 0 bridgehead atoms. The van der Waals surface area contributed by atoms with Gasteiger partial charge in [-0.05, 0) is 37.1 Å². The van der Waals surface area contributed by atoms with Gasteiger partial charge in [0.1, 0.15) is 11.4 Å². The first-order valence-corrected chi connectivity index (χ1v) is 7.64. The third-order valence-corrected chi connectivity index (χ3v) is 5.00. The quantitative estimate of drug-likeness (QED) is 0.798. The van der Waals surface area contributed by atoms with Gasteiger partial charge in [0.15, 0.2) is 0 Å². The van der Waals surface area contributed by atoms with Crippen LogP contribution in [0.3, 0.4) is 0 Å². The van der Waals surface area contributed by atoms with E-state index in [1.54, 1.807) is 6.92 Å². The molecule has 1 saturated heterocycles. The summed E-state index contributed by atoms with van der Waals surface area (Å²) in [5.74, 6) is 0.932. The van der Waals surface area contributed by atoms with Crippen molar-refractivity contribution in [3.05, 3.63) is 28.8 Å². The first-order chi connectivity index (χ1) is 9.90. The predicted molar refractivity (Wildman–Crippen MR) is 80.3 cm³/mol. The summed E-state index contributed by atoms with van der Waals surface area (Å²) in [4.78, 5) is 13.3. The molecule has 1 fully saturated rings. The number of aliphatic hydroxyl groups is 1. The SMILES string of the molecule is CC(=O)N1CCC2(CC1)CC(O)c1cc(C)c(C)cc1O2. The van der Waals surface area contributed by atoms with E-state index in [9.17, 15) is 9.90 Å². The fourth-order valence-electron chi connectivity index (χ4n) is 3.43. The van der Waals surface area contributed by atoms with E-state index in [0.717, 1.165) is 24.2 Å². The molecule has 0 saturated carbocycles. The first kappa shape index (κ1) is 14.4. The van der Waals surface area contributed by atoms with E-state index >= 15 is 0 Å². The Kier molecular flexibility index (Phi) is 3.44. The molecule has 1 aromatic rings. The van der Waals surface area contributed by atoms with Gasteiger partial charge >= 0.3 is 0 Å². The number of ether oxygens (including phenoxy) is 1. The highest BCUT2D eigenvalue weighted by Crippen LogP contribution is 2.45. The average Bonchev–Trinajstić information content (AvgIpc) is 2.42. The van der Waals surface area contributed by atoms with Crippen LogP contribution in [0.5, 0.6) is 5.75 Å². The summed E-state index contributed by atoms with van der Waals surface area (Å²) in [5, 5.41) is 10.5. The molecular formula is C17H23NO3. The van der Waals surface area contributed by atoms with E-state index in [-0.39, 0.29) is 11.5 Å². The zero-order valence-electron chi connectivity index (χ0n) is 13.0. The van der Waals surface area contributed by atoms with Crippen molar-refractivity contribution in [2.45, 2.75) is 51.7 Å². The second kappa shape index (κ2) is 5.02. The Morgan fingerprint density at radius 1 is 1.29 bits per heavy atom. The molecule has 4 heteroatoms. The second-order valence-corrected chi connectivity index (χ2v) is 6.49. The number of carbonyl (C=O) groups is 1. The number of aryl methyl sites for hydroxylation is 2. The number of hydrogen-bond donors (Lipinski definition) is 1. The molecule has 1 amide bonds. The maximum absolute atomic E-state index is 11.5. The largest absolute Gasteiger partial charge is 0.487 e. The number of benzene rings is 1. The zero-order valence-corrected chi connectivity index (χ0v) is 13.0. The van der Waals surface area contributed by atoms with Crippen molar-refractivity contribution in [2.75, 3.05) is 13.1 Å². The molecule has 1 N–H and O–H groups in total. The van der Waals surface area contributed by atoms with Crippen LogP contribution in [0.4, 0.5) is 0 Å². The van der Waals surface area contributed by atoms with Gasteiger partial charge in [0.25, 0.3) is 0 Å². The molecule has 2 aliphatic rings. The molecule has 2 heterocycles. The molecule has 114 valence electrons. The maximum Gasteiger partial charge on any atom is 0.219 e. The zero-order chi connectivity index (χ0) is 15.2. The fourth-order valence-corrected chi connectivity index (χ4v) is 3.43. The van der Waals surface area contributed by atoms with Crippen molar-refractivity contribution in [3.8, 4) is 5.75 Å². The summed E-state index contributed by atoms with van der Waals surface area (Å²) in [6.07, 6.45) is 1.72. The van der Waals surface area contributed by atoms with Gasteiger partial charge in [-0.1, -0.05) is 0 Å². The number of fused-ring (bicyclic) bond motifs is 1. The lowest BCUT2D eigenvalue weighted by Gasteiger charge is -2.46. The number of likely N-dealkylation sites (tertiary alicyclic amines) is 1. The molecule has 3 rings (SSSR count). The van der Waals surface area contributed by atoms with Crippen LogP contribution in [-0.2, 0) is 4.79 Å². The van der Waals surface area contributed by atoms with E-state index in [2.05, 4.69) is 13.8 Å². The summed E-state index contributed by atoms with van der Waals surface area (Å²) in [5.41, 5.74) is 2.94. The molecule has 0 aliphatic carbocycles. The van der Waals surface area contributed by atoms with Crippen LogP contribution in [0.1, 0.15) is 49.0 Å². The van der Waals surface area contributed by atoms with Gasteiger partial charge < -0.3 is 14.7 Å². The highest BCUT2D eigenvalue weighted by Gasteiger charge is 2.43. The molecule has 1 unspecified atom stereocenters. The van der Waals surface area contributed by atoms with Crippen LogP contribution in [0, 0.1) is 13.8 Å². The standard InChI is InChI=1S/C17H23NO3/c1-11-8-14-15(20)10-17(21-16(14)9-12(11)2)4-6-18(7-5-17)13(3)19/h8-9,15,20H,4-7,10H2,1-3H3. The lowest BCUT2D eigenvalue weighted by molar-refractivity contribution is -0.133. The second-order valence-electron chi connectivity index (χ2n) is 6.49. The summed E-state index contributed by atoms with van der Waals surface area (Å²) in [6, 6.07) is 4.07. The van der Waals surface area contributed by atoms with Gasteiger partial charge in [0.05, 0.1) is 6.10 Å². The van der Waals surface area contributed by atoms with Crippen molar-refractivity contribution in [3.63, 3.8) is 0 Å². The molecule has 0 aromatic heterocycles. The predicted octanol–water partition coefficient (Wildman–Crippen LogP) is 2.50. The van der Waals surface area contributed by atoms with E-state index < -0.39 is 6.10 Å². The molecule has 0 radical (unpaired) electrons. The highest BCUT2D eigenvalue weighted by atomic mass is 16.5. The Bertz CT molecular complexity index is 574. The summed E-state index contributed by atoms with van der Waals surface area (Å²) in [7, 11) is 0. The molecule has 1 atom stereocenters. The van der Waals surface area contributed by atoms with Gasteiger partial charge in [-0.2, -0.15) is 0 Å². The van der Waals surface area contributed by atoms with Gasteiger partial charge in [-0.15, -0.1) is 0 Å². The number of nitrogens with zero attached hydrogens (tertiary/aromatic N) is 1. The van der Waals surface area contributed by atoms with Gasteiger partial charge in [-0.25, -0.2) is 0 Å². The normalized spacial score (nSPS) is 23.6. The topological polar surface area (TPSA) is 49.8 Å². The minimum atomic E-state index is -0.475. The van der Waals surface area contributed by atoms with Crippen molar-refractivity contribution < 1.29 is 14.6 Å². The average molecular weight is 289 g/mol. The van der Waals surface area contributed by atoms with Gasteiger partial charge in [0.2, 0.25) is 5.91 Å². The first-order valence-electron chi connectivity index (χ1n) is 7.64. The van der Waals surface area contributed by atoms with Crippen LogP contribution in [0.25, 0.3) is 0 Å². The van der Waals surface area contributed by atoms with Crippen molar-refractivity contribution >= 4 is 5.91 Å². The van der Waals surface area contributed by atoms with Crippen LogP contribution in [0.2, 0.25) is 0 Å². The third-order valence-electron chi connectivity index (χ3n) is 5.00. The lowest BCUT2D eigenvalue weighted by atomic mass is 9.81. The van der Waals surface area contributed by atoms with Crippen LogP contribution in [0.15, 0.2) is 12.1 Å². The number of piperidine rings is 1. The number of aliphatic hydroxyl groups excluding tert-OH is 1. The fraction of sp³-hybridized carbons (Fsp3) is 0.588. The van der Waals surface area contributed by atoms with Crippen molar-refractivity contribution in [2.24, 2.45) is 0 Å². The minimum absolute atomic E-state index is 0.119. The number of hydrogen-bond acceptors (Lipinski definition) is 3. The molecule has 21 heavy (non-hydrogen) atoms. The van der Waals surface area contributed by atoms with Crippen LogP contribution >= 0.6 is 0 Å². The number of amides is 1. The van der Waals surface area contributed by atoms with Gasteiger partial charge in [0, 0.05) is 44.8 Å². The number of carbonyl (C=O) groups excluding carboxylic acids is 1.